The fraction of sp³-hybridized carbons (Fsp3) is 0.750. The van der Waals surface area contributed by atoms with Crippen molar-refractivity contribution < 1.29 is 4.79 Å². The highest BCUT2D eigenvalue weighted by atomic mass is 35.5. The molecule has 0 aliphatic heterocycles. The summed E-state index contributed by atoms with van der Waals surface area (Å²) in [5.41, 5.74) is 0.585. The lowest BCUT2D eigenvalue weighted by Gasteiger charge is -2.20. The van der Waals surface area contributed by atoms with Crippen LogP contribution in [-0.4, -0.2) is 17.4 Å². The Kier molecular flexibility index (Phi) is 3.06. The molecule has 0 bridgehead atoms. The van der Waals surface area contributed by atoms with Crippen molar-refractivity contribution in [2.75, 3.05) is 5.88 Å². The van der Waals surface area contributed by atoms with Gasteiger partial charge in [-0.2, -0.15) is 0 Å². The van der Waals surface area contributed by atoms with Gasteiger partial charge in [-0.1, -0.05) is 6.42 Å². The van der Waals surface area contributed by atoms with Crippen molar-refractivity contribution in [2.24, 2.45) is 5.92 Å². The average molecular weight is 174 g/mol. The quantitative estimate of drug-likeness (QED) is 0.638. The molecular weight excluding hydrogens is 162 g/mol. The van der Waals surface area contributed by atoms with Crippen molar-refractivity contribution >= 4 is 23.1 Å². The third kappa shape index (κ3) is 2.03. The average Bonchev–Trinajstić information content (AvgIpc) is 2.04. The first kappa shape index (κ1) is 8.72. The van der Waals surface area contributed by atoms with Crippen LogP contribution in [-0.2, 0) is 4.79 Å². The van der Waals surface area contributed by atoms with Gasteiger partial charge < -0.3 is 5.41 Å². The maximum Gasteiger partial charge on any atom is 0.156 e. The number of ketones is 1. The van der Waals surface area contributed by atoms with Crippen LogP contribution in [0.5, 0.6) is 0 Å². The molecule has 0 saturated heterocycles. The van der Waals surface area contributed by atoms with Gasteiger partial charge in [0.15, 0.2) is 5.78 Å². The van der Waals surface area contributed by atoms with Crippen LogP contribution < -0.4 is 0 Å². The lowest BCUT2D eigenvalue weighted by Crippen LogP contribution is -2.27. The van der Waals surface area contributed by atoms with E-state index in [-0.39, 0.29) is 17.6 Å². The summed E-state index contributed by atoms with van der Waals surface area (Å²) in [6.45, 7) is 0. The Bertz CT molecular complexity index is 171. The maximum atomic E-state index is 11.1. The number of halogens is 1. The molecule has 62 valence electrons. The molecule has 3 heteroatoms. The van der Waals surface area contributed by atoms with E-state index in [1.165, 1.54) is 0 Å². The predicted octanol–water partition coefficient (Wildman–Crippen LogP) is 2.00. The van der Waals surface area contributed by atoms with Crippen LogP contribution in [0.2, 0.25) is 0 Å². The Morgan fingerprint density at radius 1 is 1.64 bits per heavy atom. The minimum atomic E-state index is -0.152. The van der Waals surface area contributed by atoms with E-state index in [1.807, 2.05) is 0 Å². The molecule has 1 unspecified atom stereocenters. The molecule has 11 heavy (non-hydrogen) atoms. The Balaban J connectivity index is 2.54. The standard InChI is InChI=1S/C8H12ClNO/c9-5-8(11)6-3-1-2-4-7(6)10/h6,10H,1-5H2. The van der Waals surface area contributed by atoms with Gasteiger partial charge in [0.25, 0.3) is 0 Å². The summed E-state index contributed by atoms with van der Waals surface area (Å²) >= 11 is 5.40. The summed E-state index contributed by atoms with van der Waals surface area (Å²) in [7, 11) is 0. The highest BCUT2D eigenvalue weighted by molar-refractivity contribution is 6.29. The number of carbonyl (C=O) groups is 1. The smallest absolute Gasteiger partial charge is 0.156 e. The third-order valence-corrected chi connectivity index (χ3v) is 2.39. The largest absolute Gasteiger partial charge is 0.309 e. The zero-order valence-electron chi connectivity index (χ0n) is 6.40. The first-order valence-corrected chi connectivity index (χ1v) is 4.45. The van der Waals surface area contributed by atoms with E-state index in [9.17, 15) is 4.79 Å². The Labute approximate surface area is 71.4 Å². The molecule has 0 radical (unpaired) electrons. The second-order valence-corrected chi connectivity index (χ2v) is 3.19. The zero-order chi connectivity index (χ0) is 8.27. The summed E-state index contributed by atoms with van der Waals surface area (Å²) in [5.74, 6) is -0.0647. The number of carbonyl (C=O) groups excluding carboxylic acids is 1. The van der Waals surface area contributed by atoms with Gasteiger partial charge in [-0.15, -0.1) is 11.6 Å². The van der Waals surface area contributed by atoms with E-state index in [2.05, 4.69) is 0 Å². The molecule has 0 spiro atoms. The summed E-state index contributed by atoms with van der Waals surface area (Å²) in [5, 5.41) is 7.50. The molecule has 0 heterocycles. The van der Waals surface area contributed by atoms with Gasteiger partial charge in [0.05, 0.1) is 11.8 Å². The van der Waals surface area contributed by atoms with Crippen molar-refractivity contribution in [3.05, 3.63) is 0 Å². The lowest BCUT2D eigenvalue weighted by atomic mass is 9.85. The van der Waals surface area contributed by atoms with Crippen molar-refractivity contribution in [3.8, 4) is 0 Å². The van der Waals surface area contributed by atoms with Crippen molar-refractivity contribution in [1.29, 1.82) is 5.41 Å². The van der Waals surface area contributed by atoms with Gasteiger partial charge in [0, 0.05) is 5.71 Å². The third-order valence-electron chi connectivity index (χ3n) is 2.13. The van der Waals surface area contributed by atoms with Gasteiger partial charge in [-0.05, 0) is 19.3 Å². The SMILES string of the molecule is N=C1CCCCC1C(=O)CCl. The maximum absolute atomic E-state index is 11.1. The van der Waals surface area contributed by atoms with Gasteiger partial charge in [-0.3, -0.25) is 4.79 Å². The Morgan fingerprint density at radius 3 is 2.91 bits per heavy atom. The second-order valence-electron chi connectivity index (χ2n) is 2.92. The van der Waals surface area contributed by atoms with E-state index in [4.69, 9.17) is 17.0 Å². The first-order chi connectivity index (χ1) is 5.25. The summed E-state index contributed by atoms with van der Waals surface area (Å²) < 4.78 is 0. The molecule has 1 N–H and O–H groups in total. The highest BCUT2D eigenvalue weighted by Gasteiger charge is 2.24. The number of hydrogen-bond donors (Lipinski definition) is 1. The van der Waals surface area contributed by atoms with Gasteiger partial charge in [0.1, 0.15) is 0 Å². The molecule has 1 aliphatic carbocycles. The van der Waals surface area contributed by atoms with Crippen molar-refractivity contribution in [1.82, 2.24) is 0 Å². The molecule has 0 aromatic heterocycles. The van der Waals surface area contributed by atoms with Gasteiger partial charge >= 0.3 is 0 Å². The fourth-order valence-corrected chi connectivity index (χ4v) is 1.65. The van der Waals surface area contributed by atoms with Crippen LogP contribution in [0.3, 0.4) is 0 Å². The van der Waals surface area contributed by atoms with E-state index in [0.29, 0.717) is 5.71 Å². The number of Topliss-reactive ketones (excluding diaryl/α,β-unsaturated/α-hetero) is 1. The second kappa shape index (κ2) is 3.86. The van der Waals surface area contributed by atoms with E-state index < -0.39 is 0 Å². The Morgan fingerprint density at radius 2 is 2.36 bits per heavy atom. The zero-order valence-corrected chi connectivity index (χ0v) is 7.16. The molecule has 0 aromatic rings. The van der Waals surface area contributed by atoms with Crippen LogP contribution in [0.4, 0.5) is 0 Å². The van der Waals surface area contributed by atoms with Crippen molar-refractivity contribution in [2.45, 2.75) is 25.7 Å². The van der Waals surface area contributed by atoms with E-state index in [0.717, 1.165) is 25.7 Å². The summed E-state index contributed by atoms with van der Waals surface area (Å²) in [6.07, 6.45) is 3.75. The molecule has 1 rings (SSSR count). The number of hydrogen-bond acceptors (Lipinski definition) is 2. The van der Waals surface area contributed by atoms with E-state index >= 15 is 0 Å². The molecule has 1 atom stereocenters. The molecule has 0 amide bonds. The van der Waals surface area contributed by atoms with Gasteiger partial charge in [0.2, 0.25) is 0 Å². The van der Waals surface area contributed by atoms with Crippen LogP contribution in [0.15, 0.2) is 0 Å². The molecular formula is C8H12ClNO. The fourth-order valence-electron chi connectivity index (χ4n) is 1.46. The van der Waals surface area contributed by atoms with Crippen LogP contribution in [0.25, 0.3) is 0 Å². The van der Waals surface area contributed by atoms with Crippen LogP contribution >= 0.6 is 11.6 Å². The summed E-state index contributed by atoms with van der Waals surface area (Å²) in [4.78, 5) is 11.1. The normalized spacial score (nSPS) is 25.2. The predicted molar refractivity (Wildman–Crippen MR) is 45.4 cm³/mol. The number of nitrogens with one attached hydrogen (secondary N) is 1. The van der Waals surface area contributed by atoms with Crippen LogP contribution in [0, 0.1) is 11.3 Å². The lowest BCUT2D eigenvalue weighted by molar-refractivity contribution is -0.118. The summed E-state index contributed by atoms with van der Waals surface area (Å²) in [6, 6.07) is 0. The number of alkyl halides is 1. The van der Waals surface area contributed by atoms with E-state index in [1.54, 1.807) is 0 Å². The van der Waals surface area contributed by atoms with Crippen molar-refractivity contribution in [3.63, 3.8) is 0 Å². The topological polar surface area (TPSA) is 40.9 Å². The van der Waals surface area contributed by atoms with Crippen LogP contribution in [0.1, 0.15) is 25.7 Å². The minimum absolute atomic E-state index is 0.0244. The first-order valence-electron chi connectivity index (χ1n) is 3.91. The van der Waals surface area contributed by atoms with Gasteiger partial charge in [-0.25, -0.2) is 0 Å². The molecule has 1 aliphatic rings. The highest BCUT2D eigenvalue weighted by Crippen LogP contribution is 2.21. The molecule has 0 aromatic carbocycles. The molecule has 2 nitrogen and oxygen atoms in total. The molecule has 1 saturated carbocycles. The minimum Gasteiger partial charge on any atom is -0.309 e. The Hall–Kier alpha value is -0.370. The monoisotopic (exact) mass is 173 g/mol. The number of rotatable bonds is 2. The molecule has 1 fully saturated rings.